The molecule has 118 valence electrons. The van der Waals surface area contributed by atoms with Crippen molar-refractivity contribution >= 4 is 9.84 Å². The summed E-state index contributed by atoms with van der Waals surface area (Å²) in [4.78, 5) is -0.624. The van der Waals surface area contributed by atoms with Gasteiger partial charge in [-0.1, -0.05) is 6.07 Å². The van der Waals surface area contributed by atoms with Gasteiger partial charge in [-0.05, 0) is 56.0 Å². The molecule has 0 radical (unpaired) electrons. The number of sulfone groups is 1. The highest BCUT2D eigenvalue weighted by molar-refractivity contribution is 7.90. The van der Waals surface area contributed by atoms with E-state index in [1.807, 2.05) is 0 Å². The first kappa shape index (κ1) is 16.3. The van der Waals surface area contributed by atoms with E-state index in [-0.39, 0.29) is 0 Å². The molecule has 0 atom stereocenters. The highest BCUT2D eigenvalue weighted by Crippen LogP contribution is 2.35. The van der Waals surface area contributed by atoms with Crippen LogP contribution in [-0.2, 0) is 22.4 Å². The number of hydrogen-bond donors (Lipinski definition) is 1. The molecule has 1 N–H and O–H groups in total. The van der Waals surface area contributed by atoms with Crippen LogP contribution in [0.2, 0.25) is 0 Å². The average Bonchev–Trinajstić information content (AvgIpc) is 2.37. The quantitative estimate of drug-likeness (QED) is 0.931. The van der Waals surface area contributed by atoms with E-state index in [0.717, 1.165) is 38.3 Å². The van der Waals surface area contributed by atoms with Crippen molar-refractivity contribution < 1.29 is 21.6 Å². The predicted molar refractivity (Wildman–Crippen MR) is 73.9 cm³/mol. The first-order valence-electron chi connectivity index (χ1n) is 6.79. The van der Waals surface area contributed by atoms with Crippen molar-refractivity contribution in [2.24, 2.45) is 5.92 Å². The third-order valence-electron chi connectivity index (χ3n) is 3.73. The predicted octanol–water partition coefficient (Wildman–Crippen LogP) is 2.65. The van der Waals surface area contributed by atoms with E-state index in [2.05, 4.69) is 5.32 Å². The average molecular weight is 321 g/mol. The van der Waals surface area contributed by atoms with Crippen molar-refractivity contribution in [1.29, 1.82) is 0 Å². The maximum atomic E-state index is 12.9. The van der Waals surface area contributed by atoms with Gasteiger partial charge in [0.15, 0.2) is 9.84 Å². The Labute approximate surface area is 122 Å². The molecule has 0 aliphatic carbocycles. The first-order valence-corrected chi connectivity index (χ1v) is 8.68. The number of piperidine rings is 1. The van der Waals surface area contributed by atoms with Crippen LogP contribution in [0.5, 0.6) is 0 Å². The van der Waals surface area contributed by atoms with Crippen LogP contribution in [0.4, 0.5) is 13.2 Å². The van der Waals surface area contributed by atoms with Crippen molar-refractivity contribution in [3.63, 3.8) is 0 Å². The molecule has 1 heterocycles. The Morgan fingerprint density at radius 2 is 1.86 bits per heavy atom. The van der Waals surface area contributed by atoms with Gasteiger partial charge in [-0.2, -0.15) is 13.2 Å². The van der Waals surface area contributed by atoms with E-state index >= 15 is 0 Å². The van der Waals surface area contributed by atoms with E-state index in [4.69, 9.17) is 0 Å². The summed E-state index contributed by atoms with van der Waals surface area (Å²) in [6.45, 7) is 1.79. The monoisotopic (exact) mass is 321 g/mol. The third-order valence-corrected chi connectivity index (χ3v) is 4.87. The van der Waals surface area contributed by atoms with Gasteiger partial charge in [0.2, 0.25) is 0 Å². The summed E-state index contributed by atoms with van der Waals surface area (Å²) in [5, 5.41) is 3.22. The molecule has 0 spiro atoms. The fourth-order valence-corrected chi connectivity index (χ4v) is 3.60. The minimum absolute atomic E-state index is 0.385. The number of hydrogen-bond acceptors (Lipinski definition) is 3. The number of halogens is 3. The van der Waals surface area contributed by atoms with Gasteiger partial charge in [-0.25, -0.2) is 8.42 Å². The summed E-state index contributed by atoms with van der Waals surface area (Å²) in [7, 11) is -3.91. The summed E-state index contributed by atoms with van der Waals surface area (Å²) in [6.07, 6.45) is -1.33. The number of alkyl halides is 3. The zero-order valence-electron chi connectivity index (χ0n) is 11.7. The van der Waals surface area contributed by atoms with Crippen molar-refractivity contribution in [3.05, 3.63) is 29.3 Å². The summed E-state index contributed by atoms with van der Waals surface area (Å²) in [6, 6.07) is 3.45. The maximum absolute atomic E-state index is 12.9. The standard InChI is InChI=1S/C14H18F3NO2S/c1-21(19,20)13-9-11(2-3-12(13)14(15,16)17)8-10-4-6-18-7-5-10/h2-3,9-10,18H,4-8H2,1H3. The van der Waals surface area contributed by atoms with Crippen molar-refractivity contribution in [2.75, 3.05) is 19.3 Å². The molecule has 0 bridgehead atoms. The molecule has 1 aliphatic rings. The van der Waals surface area contributed by atoms with Crippen molar-refractivity contribution in [1.82, 2.24) is 5.32 Å². The first-order chi connectivity index (χ1) is 9.68. The zero-order chi connectivity index (χ0) is 15.7. The molecule has 1 aromatic carbocycles. The second-order valence-corrected chi connectivity index (χ2v) is 7.48. The number of nitrogens with one attached hydrogen (secondary N) is 1. The second-order valence-electron chi connectivity index (χ2n) is 5.50. The van der Waals surface area contributed by atoms with Gasteiger partial charge in [-0.15, -0.1) is 0 Å². The van der Waals surface area contributed by atoms with E-state index in [1.54, 1.807) is 0 Å². The molecule has 1 fully saturated rings. The SMILES string of the molecule is CS(=O)(=O)c1cc(CC2CCNCC2)ccc1C(F)(F)F. The van der Waals surface area contributed by atoms with Crippen molar-refractivity contribution in [3.8, 4) is 0 Å². The minimum atomic E-state index is -4.66. The van der Waals surface area contributed by atoms with E-state index in [0.29, 0.717) is 17.9 Å². The van der Waals surface area contributed by atoms with Crippen molar-refractivity contribution in [2.45, 2.75) is 30.3 Å². The lowest BCUT2D eigenvalue weighted by atomic mass is 9.91. The lowest BCUT2D eigenvalue weighted by Crippen LogP contribution is -2.28. The third kappa shape index (κ3) is 4.20. The van der Waals surface area contributed by atoms with Crippen LogP contribution >= 0.6 is 0 Å². The Morgan fingerprint density at radius 3 is 2.38 bits per heavy atom. The summed E-state index contributed by atoms with van der Waals surface area (Å²) in [5.74, 6) is 0.385. The van der Waals surface area contributed by atoms with E-state index in [9.17, 15) is 21.6 Å². The van der Waals surface area contributed by atoms with Gasteiger partial charge >= 0.3 is 6.18 Å². The lowest BCUT2D eigenvalue weighted by Gasteiger charge is -2.23. The summed E-state index contributed by atoms with van der Waals surface area (Å²) >= 11 is 0. The molecule has 1 aliphatic heterocycles. The van der Waals surface area contributed by atoms with E-state index in [1.165, 1.54) is 12.1 Å². The highest BCUT2D eigenvalue weighted by Gasteiger charge is 2.36. The van der Waals surface area contributed by atoms with Crippen LogP contribution in [0, 0.1) is 5.92 Å². The van der Waals surface area contributed by atoms with Gasteiger partial charge in [0.25, 0.3) is 0 Å². The molecule has 1 aromatic rings. The van der Waals surface area contributed by atoms with Crippen LogP contribution < -0.4 is 5.32 Å². The smallest absolute Gasteiger partial charge is 0.317 e. The number of rotatable bonds is 3. The van der Waals surface area contributed by atoms with Crippen LogP contribution in [0.1, 0.15) is 24.0 Å². The highest BCUT2D eigenvalue weighted by atomic mass is 32.2. The maximum Gasteiger partial charge on any atom is 0.417 e. The van der Waals surface area contributed by atoms with Crippen LogP contribution in [-0.4, -0.2) is 27.8 Å². The molecule has 7 heteroatoms. The van der Waals surface area contributed by atoms with Crippen LogP contribution in [0.15, 0.2) is 23.1 Å². The normalized spacial score (nSPS) is 17.9. The topological polar surface area (TPSA) is 46.2 Å². The Hall–Kier alpha value is -1.08. The van der Waals surface area contributed by atoms with E-state index < -0.39 is 26.5 Å². The summed E-state index contributed by atoms with van der Waals surface area (Å²) in [5.41, 5.74) is -0.436. The molecule has 0 saturated carbocycles. The Kier molecular flexibility index (Phi) is 4.63. The Morgan fingerprint density at radius 1 is 1.24 bits per heavy atom. The van der Waals surface area contributed by atoms with Gasteiger partial charge in [0, 0.05) is 6.26 Å². The minimum Gasteiger partial charge on any atom is -0.317 e. The molecular weight excluding hydrogens is 303 g/mol. The molecule has 0 unspecified atom stereocenters. The van der Waals surface area contributed by atoms with Crippen LogP contribution in [0.3, 0.4) is 0 Å². The van der Waals surface area contributed by atoms with Gasteiger partial charge in [0.1, 0.15) is 0 Å². The van der Waals surface area contributed by atoms with Gasteiger partial charge in [-0.3, -0.25) is 0 Å². The largest absolute Gasteiger partial charge is 0.417 e. The van der Waals surface area contributed by atoms with Crippen LogP contribution in [0.25, 0.3) is 0 Å². The number of benzene rings is 1. The summed E-state index contributed by atoms with van der Waals surface area (Å²) < 4.78 is 62.0. The fraction of sp³-hybridized carbons (Fsp3) is 0.571. The van der Waals surface area contributed by atoms with Gasteiger partial charge < -0.3 is 5.32 Å². The van der Waals surface area contributed by atoms with Gasteiger partial charge in [0.05, 0.1) is 10.5 Å². The molecule has 21 heavy (non-hydrogen) atoms. The molecule has 3 nitrogen and oxygen atoms in total. The molecule has 2 rings (SSSR count). The lowest BCUT2D eigenvalue weighted by molar-refractivity contribution is -0.139. The molecule has 0 aromatic heterocycles. The second kappa shape index (κ2) is 5.96. The zero-order valence-corrected chi connectivity index (χ0v) is 12.5. The Bertz CT molecular complexity index is 605. The molecular formula is C14H18F3NO2S. The molecule has 0 amide bonds. The fourth-order valence-electron chi connectivity index (χ4n) is 2.65. The molecule has 1 saturated heterocycles. The Balaban J connectivity index is 2.33.